The summed E-state index contributed by atoms with van der Waals surface area (Å²) < 4.78 is 1.21. The SMILES string of the molecule is CC1CCCC(N[C@@H](C)c2ccccc2Br)C1. The monoisotopic (exact) mass is 295 g/mol. The molecule has 2 unspecified atom stereocenters. The minimum Gasteiger partial charge on any atom is -0.307 e. The van der Waals surface area contributed by atoms with Crippen LogP contribution in [-0.4, -0.2) is 6.04 Å². The molecule has 0 spiro atoms. The van der Waals surface area contributed by atoms with Gasteiger partial charge in [0, 0.05) is 16.6 Å². The molecule has 17 heavy (non-hydrogen) atoms. The molecule has 0 amide bonds. The molecule has 1 saturated carbocycles. The second kappa shape index (κ2) is 6.01. The van der Waals surface area contributed by atoms with E-state index in [0.717, 1.165) is 5.92 Å². The zero-order valence-electron chi connectivity index (χ0n) is 10.7. The van der Waals surface area contributed by atoms with E-state index in [0.29, 0.717) is 12.1 Å². The van der Waals surface area contributed by atoms with E-state index in [2.05, 4.69) is 59.4 Å². The lowest BCUT2D eigenvalue weighted by Crippen LogP contribution is -2.35. The molecule has 0 heterocycles. The summed E-state index contributed by atoms with van der Waals surface area (Å²) in [5.74, 6) is 0.882. The third kappa shape index (κ3) is 3.56. The van der Waals surface area contributed by atoms with Crippen molar-refractivity contribution in [3.05, 3.63) is 34.3 Å². The lowest BCUT2D eigenvalue weighted by molar-refractivity contribution is 0.285. The van der Waals surface area contributed by atoms with Gasteiger partial charge in [0.05, 0.1) is 0 Å². The molecule has 0 bridgehead atoms. The quantitative estimate of drug-likeness (QED) is 0.854. The Hall–Kier alpha value is -0.340. The molecule has 94 valence electrons. The standard InChI is InChI=1S/C15H22BrN/c1-11-6-5-7-13(10-11)17-12(2)14-8-3-4-9-15(14)16/h3-4,8-9,11-13,17H,5-7,10H2,1-2H3/t11?,12-,13?/m0/s1. The van der Waals surface area contributed by atoms with Crippen molar-refractivity contribution >= 4 is 15.9 Å². The molecule has 1 aliphatic carbocycles. The van der Waals surface area contributed by atoms with Gasteiger partial charge in [-0.3, -0.25) is 0 Å². The molecule has 0 radical (unpaired) electrons. The number of hydrogen-bond donors (Lipinski definition) is 1. The highest BCUT2D eigenvalue weighted by Gasteiger charge is 2.21. The van der Waals surface area contributed by atoms with E-state index < -0.39 is 0 Å². The average Bonchev–Trinajstić information content (AvgIpc) is 2.29. The van der Waals surface area contributed by atoms with E-state index in [1.54, 1.807) is 0 Å². The molecular weight excluding hydrogens is 274 g/mol. The summed E-state index contributed by atoms with van der Waals surface area (Å²) in [6.07, 6.45) is 5.44. The third-order valence-corrected chi connectivity index (χ3v) is 4.52. The van der Waals surface area contributed by atoms with E-state index in [1.807, 2.05) is 0 Å². The summed E-state index contributed by atoms with van der Waals surface area (Å²) >= 11 is 3.63. The zero-order chi connectivity index (χ0) is 12.3. The Morgan fingerprint density at radius 3 is 2.76 bits per heavy atom. The zero-order valence-corrected chi connectivity index (χ0v) is 12.3. The van der Waals surface area contributed by atoms with Crippen molar-refractivity contribution in [2.75, 3.05) is 0 Å². The van der Waals surface area contributed by atoms with Gasteiger partial charge in [-0.2, -0.15) is 0 Å². The van der Waals surface area contributed by atoms with Crippen LogP contribution in [0.3, 0.4) is 0 Å². The highest BCUT2D eigenvalue weighted by molar-refractivity contribution is 9.10. The van der Waals surface area contributed by atoms with E-state index in [-0.39, 0.29) is 0 Å². The number of halogens is 1. The van der Waals surface area contributed by atoms with Crippen molar-refractivity contribution in [1.29, 1.82) is 0 Å². The van der Waals surface area contributed by atoms with Gasteiger partial charge >= 0.3 is 0 Å². The van der Waals surface area contributed by atoms with Crippen LogP contribution in [0.15, 0.2) is 28.7 Å². The molecule has 0 aromatic heterocycles. The maximum atomic E-state index is 3.78. The molecule has 0 aliphatic heterocycles. The fourth-order valence-electron chi connectivity index (χ4n) is 2.86. The van der Waals surface area contributed by atoms with Gasteiger partial charge in [-0.05, 0) is 37.3 Å². The summed E-state index contributed by atoms with van der Waals surface area (Å²) in [6.45, 7) is 4.64. The lowest BCUT2D eigenvalue weighted by Gasteiger charge is -2.30. The normalized spacial score (nSPS) is 26.8. The van der Waals surface area contributed by atoms with Crippen LogP contribution in [-0.2, 0) is 0 Å². The number of benzene rings is 1. The molecule has 1 aromatic carbocycles. The molecule has 1 aliphatic rings. The van der Waals surface area contributed by atoms with Gasteiger partial charge in [-0.25, -0.2) is 0 Å². The van der Waals surface area contributed by atoms with Crippen LogP contribution in [0, 0.1) is 5.92 Å². The first-order valence-corrected chi connectivity index (χ1v) is 7.46. The predicted octanol–water partition coefficient (Wildman–Crippen LogP) is 4.68. The maximum absolute atomic E-state index is 3.78. The van der Waals surface area contributed by atoms with Crippen molar-refractivity contribution in [3.63, 3.8) is 0 Å². The van der Waals surface area contributed by atoms with Gasteiger partial charge in [-0.1, -0.05) is 53.9 Å². The van der Waals surface area contributed by atoms with Gasteiger partial charge in [0.1, 0.15) is 0 Å². The Morgan fingerprint density at radius 1 is 1.29 bits per heavy atom. The van der Waals surface area contributed by atoms with Crippen LogP contribution in [0.2, 0.25) is 0 Å². The average molecular weight is 296 g/mol. The Bertz CT molecular complexity index is 364. The number of rotatable bonds is 3. The molecular formula is C15H22BrN. The maximum Gasteiger partial charge on any atom is 0.0305 e. The topological polar surface area (TPSA) is 12.0 Å². The molecule has 2 rings (SSSR count). The smallest absolute Gasteiger partial charge is 0.0305 e. The molecule has 2 heteroatoms. The minimum atomic E-state index is 0.431. The highest BCUT2D eigenvalue weighted by atomic mass is 79.9. The Kier molecular flexibility index (Phi) is 4.63. The first kappa shape index (κ1) is 13.1. The van der Waals surface area contributed by atoms with E-state index in [1.165, 1.54) is 35.7 Å². The molecule has 3 atom stereocenters. The second-order valence-corrected chi connectivity index (χ2v) is 6.23. The van der Waals surface area contributed by atoms with Crippen LogP contribution in [0.4, 0.5) is 0 Å². The van der Waals surface area contributed by atoms with Crippen molar-refractivity contribution in [3.8, 4) is 0 Å². The lowest BCUT2D eigenvalue weighted by atomic mass is 9.86. The highest BCUT2D eigenvalue weighted by Crippen LogP contribution is 2.28. The summed E-state index contributed by atoms with van der Waals surface area (Å²) in [5.41, 5.74) is 1.37. The first-order valence-electron chi connectivity index (χ1n) is 6.67. The molecule has 1 aromatic rings. The van der Waals surface area contributed by atoms with Crippen LogP contribution in [0.5, 0.6) is 0 Å². The Balaban J connectivity index is 1.97. The molecule has 1 fully saturated rings. The largest absolute Gasteiger partial charge is 0.307 e. The molecule has 0 saturated heterocycles. The van der Waals surface area contributed by atoms with Gasteiger partial charge in [0.2, 0.25) is 0 Å². The minimum absolute atomic E-state index is 0.431. The third-order valence-electron chi connectivity index (χ3n) is 3.79. The van der Waals surface area contributed by atoms with E-state index >= 15 is 0 Å². The van der Waals surface area contributed by atoms with E-state index in [9.17, 15) is 0 Å². The van der Waals surface area contributed by atoms with Gasteiger partial charge in [0.25, 0.3) is 0 Å². The summed E-state index contributed by atoms with van der Waals surface area (Å²) in [5, 5.41) is 3.78. The van der Waals surface area contributed by atoms with Crippen molar-refractivity contribution < 1.29 is 0 Å². The van der Waals surface area contributed by atoms with Crippen molar-refractivity contribution in [2.45, 2.75) is 51.6 Å². The molecule has 1 nitrogen and oxygen atoms in total. The molecule has 1 N–H and O–H groups in total. The van der Waals surface area contributed by atoms with E-state index in [4.69, 9.17) is 0 Å². The predicted molar refractivity (Wildman–Crippen MR) is 77.1 cm³/mol. The van der Waals surface area contributed by atoms with Crippen LogP contribution < -0.4 is 5.32 Å². The number of nitrogens with one attached hydrogen (secondary N) is 1. The number of hydrogen-bond acceptors (Lipinski definition) is 1. The Labute approximate surface area is 113 Å². The summed E-state index contributed by atoms with van der Waals surface area (Å²) in [6, 6.07) is 9.64. The van der Waals surface area contributed by atoms with Gasteiger partial charge in [0.15, 0.2) is 0 Å². The van der Waals surface area contributed by atoms with Crippen LogP contribution in [0.1, 0.15) is 51.1 Å². The van der Waals surface area contributed by atoms with Crippen LogP contribution in [0.25, 0.3) is 0 Å². The van der Waals surface area contributed by atoms with Crippen molar-refractivity contribution in [1.82, 2.24) is 5.32 Å². The second-order valence-electron chi connectivity index (χ2n) is 5.38. The van der Waals surface area contributed by atoms with Crippen LogP contribution >= 0.6 is 15.9 Å². The van der Waals surface area contributed by atoms with Gasteiger partial charge < -0.3 is 5.32 Å². The summed E-state index contributed by atoms with van der Waals surface area (Å²) in [4.78, 5) is 0. The van der Waals surface area contributed by atoms with Gasteiger partial charge in [-0.15, -0.1) is 0 Å². The van der Waals surface area contributed by atoms with Crippen molar-refractivity contribution in [2.24, 2.45) is 5.92 Å². The first-order chi connectivity index (χ1) is 8.16. The summed E-state index contributed by atoms with van der Waals surface area (Å²) in [7, 11) is 0. The fourth-order valence-corrected chi connectivity index (χ4v) is 3.48. The fraction of sp³-hybridized carbons (Fsp3) is 0.600. The Morgan fingerprint density at radius 2 is 2.06 bits per heavy atom.